The molecular formula is C23H27F3N2. The van der Waals surface area contributed by atoms with Gasteiger partial charge in [-0.3, -0.25) is 9.80 Å². The summed E-state index contributed by atoms with van der Waals surface area (Å²) in [5, 5.41) is 0. The molecule has 1 fully saturated rings. The van der Waals surface area contributed by atoms with Crippen molar-refractivity contribution in [2.75, 3.05) is 32.7 Å². The summed E-state index contributed by atoms with van der Waals surface area (Å²) >= 11 is 0. The number of alkyl halides is 3. The van der Waals surface area contributed by atoms with E-state index >= 15 is 0 Å². The van der Waals surface area contributed by atoms with Crippen LogP contribution in [0.3, 0.4) is 0 Å². The highest BCUT2D eigenvalue weighted by Gasteiger charge is 2.30. The number of hydrogen-bond donors (Lipinski definition) is 0. The van der Waals surface area contributed by atoms with Crippen molar-refractivity contribution in [1.82, 2.24) is 9.80 Å². The Kier molecular flexibility index (Phi) is 6.92. The summed E-state index contributed by atoms with van der Waals surface area (Å²) in [6.45, 7) is 6.87. The summed E-state index contributed by atoms with van der Waals surface area (Å²) in [6, 6.07) is 16.2. The molecule has 2 aromatic carbocycles. The Bertz CT molecular complexity index is 763. The zero-order valence-corrected chi connectivity index (χ0v) is 16.2. The van der Waals surface area contributed by atoms with E-state index in [0.29, 0.717) is 6.42 Å². The van der Waals surface area contributed by atoms with Gasteiger partial charge in [0.2, 0.25) is 0 Å². The molecule has 1 saturated heterocycles. The van der Waals surface area contributed by atoms with Crippen molar-refractivity contribution in [3.63, 3.8) is 0 Å². The van der Waals surface area contributed by atoms with E-state index in [2.05, 4.69) is 41.0 Å². The normalized spacial score (nSPS) is 17.9. The van der Waals surface area contributed by atoms with Gasteiger partial charge in [0.1, 0.15) is 0 Å². The van der Waals surface area contributed by atoms with Crippen molar-refractivity contribution in [2.24, 2.45) is 0 Å². The van der Waals surface area contributed by atoms with Crippen molar-refractivity contribution in [3.8, 4) is 0 Å². The molecular weight excluding hydrogens is 361 g/mol. The highest BCUT2D eigenvalue weighted by Crippen LogP contribution is 2.30. The molecule has 0 spiro atoms. The minimum Gasteiger partial charge on any atom is -0.298 e. The quantitative estimate of drug-likeness (QED) is 0.690. The topological polar surface area (TPSA) is 6.48 Å². The largest absolute Gasteiger partial charge is 0.416 e. The van der Waals surface area contributed by atoms with Gasteiger partial charge in [-0.2, -0.15) is 13.2 Å². The molecule has 0 bridgehead atoms. The number of nitrogens with zero attached hydrogens (tertiary/aromatic N) is 2. The average Bonchev–Trinajstić information content (AvgIpc) is 2.69. The van der Waals surface area contributed by atoms with E-state index in [1.165, 1.54) is 17.7 Å². The van der Waals surface area contributed by atoms with Crippen molar-refractivity contribution < 1.29 is 13.2 Å². The lowest BCUT2D eigenvalue weighted by Gasteiger charge is -2.37. The maximum absolute atomic E-state index is 12.9. The van der Waals surface area contributed by atoms with Gasteiger partial charge in [0, 0.05) is 38.8 Å². The van der Waals surface area contributed by atoms with Gasteiger partial charge in [0.25, 0.3) is 0 Å². The van der Waals surface area contributed by atoms with E-state index in [9.17, 15) is 13.2 Å². The van der Waals surface area contributed by atoms with Crippen LogP contribution in [-0.4, -0.2) is 48.6 Å². The summed E-state index contributed by atoms with van der Waals surface area (Å²) in [7, 11) is 0. The molecule has 0 radical (unpaired) electrons. The van der Waals surface area contributed by atoms with Crippen LogP contribution in [0.4, 0.5) is 13.2 Å². The van der Waals surface area contributed by atoms with E-state index in [0.717, 1.165) is 44.4 Å². The Morgan fingerprint density at radius 2 is 1.68 bits per heavy atom. The maximum atomic E-state index is 12.9. The first-order chi connectivity index (χ1) is 13.4. The van der Waals surface area contributed by atoms with Crippen molar-refractivity contribution in [1.29, 1.82) is 0 Å². The Morgan fingerprint density at radius 3 is 2.36 bits per heavy atom. The second-order valence-electron chi connectivity index (χ2n) is 7.40. The summed E-state index contributed by atoms with van der Waals surface area (Å²) in [6.07, 6.45) is 0.690. The number of hydrogen-bond acceptors (Lipinski definition) is 2. The minimum atomic E-state index is -4.28. The third kappa shape index (κ3) is 5.94. The van der Waals surface area contributed by atoms with Gasteiger partial charge in [0.05, 0.1) is 5.56 Å². The van der Waals surface area contributed by atoms with Gasteiger partial charge in [-0.1, -0.05) is 60.7 Å². The second-order valence-corrected chi connectivity index (χ2v) is 7.40. The molecule has 0 N–H and O–H groups in total. The summed E-state index contributed by atoms with van der Waals surface area (Å²) in [5.74, 6) is 0. The van der Waals surface area contributed by atoms with Crippen LogP contribution in [0.25, 0.3) is 6.08 Å². The van der Waals surface area contributed by atoms with E-state index in [-0.39, 0.29) is 6.04 Å². The summed E-state index contributed by atoms with van der Waals surface area (Å²) < 4.78 is 38.7. The van der Waals surface area contributed by atoms with Crippen LogP contribution in [-0.2, 0) is 12.6 Å². The number of benzene rings is 2. The van der Waals surface area contributed by atoms with Gasteiger partial charge in [-0.25, -0.2) is 0 Å². The lowest BCUT2D eigenvalue weighted by Crippen LogP contribution is -2.50. The molecule has 1 aliphatic rings. The molecule has 0 aliphatic carbocycles. The molecule has 150 valence electrons. The van der Waals surface area contributed by atoms with E-state index in [4.69, 9.17) is 0 Å². The number of rotatable bonds is 6. The first-order valence-electron chi connectivity index (χ1n) is 9.76. The molecule has 1 aliphatic heterocycles. The monoisotopic (exact) mass is 388 g/mol. The van der Waals surface area contributed by atoms with Crippen molar-refractivity contribution >= 4 is 6.08 Å². The predicted molar refractivity (Wildman–Crippen MR) is 108 cm³/mol. The SMILES string of the molecule is CC(Cc1cccc(C(F)(F)F)c1)N1CCN(CC=Cc2ccccc2)CC1. The molecule has 0 saturated carbocycles. The smallest absolute Gasteiger partial charge is 0.298 e. The van der Waals surface area contributed by atoms with Crippen LogP contribution in [0.15, 0.2) is 60.7 Å². The minimum absolute atomic E-state index is 0.227. The average molecular weight is 388 g/mol. The Balaban J connectivity index is 1.46. The van der Waals surface area contributed by atoms with Gasteiger partial charge in [-0.05, 0) is 30.5 Å². The Morgan fingerprint density at radius 1 is 0.964 bits per heavy atom. The van der Waals surface area contributed by atoms with Crippen molar-refractivity contribution in [3.05, 3.63) is 77.4 Å². The fourth-order valence-electron chi connectivity index (χ4n) is 3.63. The van der Waals surface area contributed by atoms with E-state index in [1.54, 1.807) is 6.07 Å². The molecule has 0 aromatic heterocycles. The van der Waals surface area contributed by atoms with Crippen molar-refractivity contribution in [2.45, 2.75) is 25.6 Å². The standard InChI is InChI=1S/C23H27F3N2/c1-19(17-21-9-5-11-22(18-21)23(24,25)26)28-15-13-27(14-16-28)12-6-10-20-7-3-2-4-8-20/h2-11,18-19H,12-17H2,1H3. The van der Waals surface area contributed by atoms with Crippen LogP contribution in [0, 0.1) is 0 Å². The molecule has 5 heteroatoms. The lowest BCUT2D eigenvalue weighted by molar-refractivity contribution is -0.137. The van der Waals surface area contributed by atoms with Gasteiger partial charge < -0.3 is 0 Å². The number of piperazine rings is 1. The van der Waals surface area contributed by atoms with Crippen LogP contribution < -0.4 is 0 Å². The second kappa shape index (κ2) is 9.39. The van der Waals surface area contributed by atoms with E-state index in [1.807, 2.05) is 18.2 Å². The zero-order chi connectivity index (χ0) is 20.0. The maximum Gasteiger partial charge on any atom is 0.416 e. The van der Waals surface area contributed by atoms with Crippen LogP contribution >= 0.6 is 0 Å². The zero-order valence-electron chi connectivity index (χ0n) is 16.2. The molecule has 28 heavy (non-hydrogen) atoms. The van der Waals surface area contributed by atoms with Crippen LogP contribution in [0.1, 0.15) is 23.6 Å². The molecule has 1 atom stereocenters. The third-order valence-corrected chi connectivity index (χ3v) is 5.29. The first kappa shape index (κ1) is 20.6. The Labute approximate surface area is 165 Å². The van der Waals surface area contributed by atoms with Crippen LogP contribution in [0.5, 0.6) is 0 Å². The predicted octanol–water partition coefficient (Wildman–Crippen LogP) is 4.97. The first-order valence-corrected chi connectivity index (χ1v) is 9.76. The lowest BCUT2D eigenvalue weighted by atomic mass is 10.0. The molecule has 2 aromatic rings. The van der Waals surface area contributed by atoms with Gasteiger partial charge in [0.15, 0.2) is 0 Å². The summed E-state index contributed by atoms with van der Waals surface area (Å²) in [4.78, 5) is 4.78. The third-order valence-electron chi connectivity index (χ3n) is 5.29. The molecule has 3 rings (SSSR count). The molecule has 1 heterocycles. The fourth-order valence-corrected chi connectivity index (χ4v) is 3.63. The summed E-state index contributed by atoms with van der Waals surface area (Å²) in [5.41, 5.74) is 1.39. The molecule has 0 amide bonds. The molecule has 2 nitrogen and oxygen atoms in total. The fraction of sp³-hybridized carbons (Fsp3) is 0.391. The van der Waals surface area contributed by atoms with E-state index < -0.39 is 11.7 Å². The number of halogens is 3. The highest BCUT2D eigenvalue weighted by molar-refractivity contribution is 5.48. The highest BCUT2D eigenvalue weighted by atomic mass is 19.4. The Hall–Kier alpha value is -2.11. The van der Waals surface area contributed by atoms with Crippen LogP contribution in [0.2, 0.25) is 0 Å². The van der Waals surface area contributed by atoms with Gasteiger partial charge >= 0.3 is 6.18 Å². The molecule has 1 unspecified atom stereocenters. The van der Waals surface area contributed by atoms with Gasteiger partial charge in [-0.15, -0.1) is 0 Å².